The number of nitrogens with one attached hydrogen (secondary N) is 1. The summed E-state index contributed by atoms with van der Waals surface area (Å²) < 4.78 is 17.6. The van der Waals surface area contributed by atoms with Gasteiger partial charge < -0.3 is 44.9 Å². The topological polar surface area (TPSA) is 158 Å². The number of aliphatic hydroxyl groups excluding tert-OH is 4. The first-order valence-corrected chi connectivity index (χ1v) is 15.2. The molecular weight excluding hydrogens is 520 g/mol. The molecule has 2 saturated heterocycles. The van der Waals surface area contributed by atoms with Crippen molar-refractivity contribution in [2.45, 2.75) is 134 Å². The molecule has 2 heterocycles. The number of unbranched alkanes of at least 4 members (excludes halogenated alkanes) is 2. The molecule has 9 atom stereocenters. The number of hydrogen-bond acceptors (Lipinski definition) is 9. The third-order valence-corrected chi connectivity index (χ3v) is 8.71. The Morgan fingerprint density at radius 1 is 1.02 bits per heavy atom. The minimum absolute atomic E-state index is 0.0241. The number of aliphatic hydroxyl groups is 4. The monoisotopic (exact) mass is 572 g/mol. The molecule has 5 N–H and O–H groups in total. The van der Waals surface area contributed by atoms with E-state index < -0.39 is 49.3 Å². The van der Waals surface area contributed by atoms with Crippen molar-refractivity contribution < 1.29 is 44.2 Å². The van der Waals surface area contributed by atoms with E-state index in [-0.39, 0.29) is 24.7 Å². The zero-order chi connectivity index (χ0) is 29.2. The number of rotatable bonds is 13. The fraction of sp³-hybridized carbons (Fsp3) is 0.931. The van der Waals surface area contributed by atoms with Gasteiger partial charge in [0.15, 0.2) is 6.29 Å². The number of hydrogen-bond donors (Lipinski definition) is 5. The maximum absolute atomic E-state index is 13.0. The summed E-state index contributed by atoms with van der Waals surface area (Å²) in [6.07, 6.45) is 3.64. The number of carbonyl (C=O) groups excluding carboxylic acids is 2. The second-order valence-corrected chi connectivity index (χ2v) is 12.2. The molecule has 0 aromatic carbocycles. The van der Waals surface area contributed by atoms with E-state index in [1.807, 2.05) is 0 Å². The molecule has 11 nitrogen and oxygen atoms in total. The van der Waals surface area contributed by atoms with E-state index in [0.29, 0.717) is 51.2 Å². The number of likely N-dealkylation sites (tertiary alicyclic amines) is 1. The molecule has 0 aromatic rings. The summed E-state index contributed by atoms with van der Waals surface area (Å²) in [5.74, 6) is 1.08. The zero-order valence-electron chi connectivity index (χ0n) is 24.5. The van der Waals surface area contributed by atoms with E-state index in [9.17, 15) is 30.0 Å². The zero-order valence-corrected chi connectivity index (χ0v) is 24.5. The molecule has 7 unspecified atom stereocenters. The molecule has 2 amide bonds. The molecule has 11 heteroatoms. The van der Waals surface area contributed by atoms with Gasteiger partial charge >= 0.3 is 0 Å². The molecule has 232 valence electrons. The molecule has 40 heavy (non-hydrogen) atoms. The molecule has 3 rings (SSSR count). The largest absolute Gasteiger partial charge is 0.394 e. The molecule has 0 bridgehead atoms. The fourth-order valence-electron chi connectivity index (χ4n) is 6.24. The van der Waals surface area contributed by atoms with Crippen LogP contribution in [0.5, 0.6) is 0 Å². The molecular formula is C29H52N2O9. The Morgan fingerprint density at radius 2 is 1.80 bits per heavy atom. The fourth-order valence-corrected chi connectivity index (χ4v) is 6.24. The maximum Gasteiger partial charge on any atom is 0.222 e. The van der Waals surface area contributed by atoms with Gasteiger partial charge in [0, 0.05) is 26.5 Å². The van der Waals surface area contributed by atoms with Crippen molar-refractivity contribution in [3.63, 3.8) is 0 Å². The molecule has 0 aromatic heterocycles. The third kappa shape index (κ3) is 9.61. The van der Waals surface area contributed by atoms with Gasteiger partial charge in [-0.15, -0.1) is 0 Å². The minimum Gasteiger partial charge on any atom is -0.394 e. The number of β-amino-alcohol motifs (C(OH)–C–C–N with tert-alkyl or cyclic N) is 1. The highest BCUT2D eigenvalue weighted by Crippen LogP contribution is 2.31. The van der Waals surface area contributed by atoms with E-state index in [0.717, 1.165) is 18.8 Å². The Kier molecular flexibility index (Phi) is 13.5. The highest BCUT2D eigenvalue weighted by Gasteiger charge is 2.45. The Balaban J connectivity index is 1.37. The molecule has 3 aliphatic rings. The number of nitrogens with zero attached hydrogens (tertiary/aromatic N) is 1. The smallest absolute Gasteiger partial charge is 0.222 e. The van der Waals surface area contributed by atoms with Gasteiger partial charge in [-0.2, -0.15) is 0 Å². The second kappa shape index (κ2) is 16.3. The lowest BCUT2D eigenvalue weighted by molar-refractivity contribution is -0.270. The number of amides is 2. The van der Waals surface area contributed by atoms with Crippen LogP contribution in [0.3, 0.4) is 0 Å². The van der Waals surface area contributed by atoms with Gasteiger partial charge in [0.1, 0.15) is 24.4 Å². The van der Waals surface area contributed by atoms with Crippen LogP contribution in [0.1, 0.15) is 85.0 Å². The molecule has 0 radical (unpaired) electrons. The lowest BCUT2D eigenvalue weighted by Crippen LogP contribution is -2.64. The molecule has 0 spiro atoms. The SMILES string of the molecule is CC(=O)NC1C(OCCCCCC(=O)N2C[C@H](O)C[C@H]2COC2CCCC(C(C)C)CC2)OC(CO)C(O)C1O. The number of ether oxygens (including phenoxy) is 3. The Morgan fingerprint density at radius 3 is 2.50 bits per heavy atom. The summed E-state index contributed by atoms with van der Waals surface area (Å²) in [5.41, 5.74) is 0. The standard InChI is InChI=1S/C29H52N2O9/c1-18(2)20-8-7-9-23(12-11-20)39-17-21-14-22(34)15-31(21)25(35)10-5-4-6-13-38-29-26(30-19(3)33)28(37)27(36)24(16-32)40-29/h18,20-24,26-29,32,34,36-37H,4-17H2,1-3H3,(H,30,33)/t20?,21-,22+,23?,24?,26?,27?,28?,29?/m0/s1. The summed E-state index contributed by atoms with van der Waals surface area (Å²) >= 11 is 0. The van der Waals surface area contributed by atoms with Crippen LogP contribution in [0.2, 0.25) is 0 Å². The molecule has 1 saturated carbocycles. The van der Waals surface area contributed by atoms with Gasteiger partial charge in [0.05, 0.1) is 31.5 Å². The van der Waals surface area contributed by atoms with Gasteiger partial charge in [0.25, 0.3) is 0 Å². The van der Waals surface area contributed by atoms with Crippen molar-refractivity contribution in [3.05, 3.63) is 0 Å². The van der Waals surface area contributed by atoms with E-state index in [1.54, 1.807) is 4.90 Å². The normalized spacial score (nSPS) is 35.1. The predicted molar refractivity (Wildman–Crippen MR) is 147 cm³/mol. The van der Waals surface area contributed by atoms with Crippen LogP contribution < -0.4 is 5.32 Å². The summed E-state index contributed by atoms with van der Waals surface area (Å²) in [7, 11) is 0. The second-order valence-electron chi connectivity index (χ2n) is 12.2. The van der Waals surface area contributed by atoms with Gasteiger partial charge in [0.2, 0.25) is 11.8 Å². The lowest BCUT2D eigenvalue weighted by atomic mass is 9.89. The Labute approximate surface area is 238 Å². The van der Waals surface area contributed by atoms with Crippen LogP contribution in [0.4, 0.5) is 0 Å². The minimum atomic E-state index is -1.35. The van der Waals surface area contributed by atoms with Crippen molar-refractivity contribution >= 4 is 11.8 Å². The van der Waals surface area contributed by atoms with E-state index >= 15 is 0 Å². The molecule has 2 aliphatic heterocycles. The van der Waals surface area contributed by atoms with Gasteiger partial charge in [-0.05, 0) is 50.4 Å². The first-order chi connectivity index (χ1) is 19.1. The Bertz CT molecular complexity index is 785. The van der Waals surface area contributed by atoms with Crippen LogP contribution in [-0.4, -0.2) is 112 Å². The summed E-state index contributed by atoms with van der Waals surface area (Å²) in [6.45, 7) is 6.46. The van der Waals surface area contributed by atoms with Crippen LogP contribution in [-0.2, 0) is 23.8 Å². The maximum atomic E-state index is 13.0. The van der Waals surface area contributed by atoms with Crippen LogP contribution in [0.15, 0.2) is 0 Å². The van der Waals surface area contributed by atoms with Crippen molar-refractivity contribution in [3.8, 4) is 0 Å². The van der Waals surface area contributed by atoms with Gasteiger partial charge in [-0.25, -0.2) is 0 Å². The van der Waals surface area contributed by atoms with Gasteiger partial charge in [-0.1, -0.05) is 33.1 Å². The average molecular weight is 573 g/mol. The first kappa shape index (κ1) is 33.2. The van der Waals surface area contributed by atoms with Crippen LogP contribution in [0, 0.1) is 11.8 Å². The van der Waals surface area contributed by atoms with Crippen LogP contribution in [0.25, 0.3) is 0 Å². The van der Waals surface area contributed by atoms with Crippen molar-refractivity contribution in [2.24, 2.45) is 11.8 Å². The lowest BCUT2D eigenvalue weighted by Gasteiger charge is -2.42. The van der Waals surface area contributed by atoms with E-state index in [1.165, 1.54) is 26.2 Å². The van der Waals surface area contributed by atoms with Crippen molar-refractivity contribution in [1.82, 2.24) is 10.2 Å². The first-order valence-electron chi connectivity index (χ1n) is 15.2. The van der Waals surface area contributed by atoms with Crippen molar-refractivity contribution in [2.75, 3.05) is 26.4 Å². The summed E-state index contributed by atoms with van der Waals surface area (Å²) in [6, 6.07) is -1.06. The predicted octanol–water partition coefficient (Wildman–Crippen LogP) is 1.09. The van der Waals surface area contributed by atoms with Crippen LogP contribution >= 0.6 is 0 Å². The van der Waals surface area contributed by atoms with E-state index in [2.05, 4.69) is 19.2 Å². The Hall–Kier alpha value is -1.34. The number of carbonyl (C=O) groups is 2. The van der Waals surface area contributed by atoms with Gasteiger partial charge in [-0.3, -0.25) is 9.59 Å². The highest BCUT2D eigenvalue weighted by atomic mass is 16.7. The van der Waals surface area contributed by atoms with Crippen molar-refractivity contribution in [1.29, 1.82) is 0 Å². The summed E-state index contributed by atoms with van der Waals surface area (Å²) in [4.78, 5) is 26.3. The average Bonchev–Trinajstić information content (AvgIpc) is 3.12. The summed E-state index contributed by atoms with van der Waals surface area (Å²) in [5, 5.41) is 42.7. The van der Waals surface area contributed by atoms with E-state index in [4.69, 9.17) is 14.2 Å². The quantitative estimate of drug-likeness (QED) is 0.161. The molecule has 1 aliphatic carbocycles. The highest BCUT2D eigenvalue weighted by molar-refractivity contribution is 5.77. The third-order valence-electron chi connectivity index (χ3n) is 8.71. The molecule has 3 fully saturated rings.